The molecule has 0 aliphatic heterocycles. The highest BCUT2D eigenvalue weighted by molar-refractivity contribution is 5.90. The van der Waals surface area contributed by atoms with E-state index in [2.05, 4.69) is 20.8 Å². The minimum atomic E-state index is -0.928. The highest BCUT2D eigenvalue weighted by Gasteiger charge is 2.28. The molecule has 0 spiro atoms. The number of carbonyl (C=O) groups excluding carboxylic acids is 2. The molecule has 0 radical (unpaired) electrons. The molecule has 2 unspecified atom stereocenters. The zero-order chi connectivity index (χ0) is 21.8. The topological polar surface area (TPSA) is 88.9 Å². The maximum atomic E-state index is 13.4. The quantitative estimate of drug-likeness (QED) is 0.636. The Balaban J connectivity index is 1.53. The Morgan fingerprint density at radius 2 is 1.58 bits per heavy atom. The fourth-order valence-electron chi connectivity index (χ4n) is 3.90. The number of hydrogen-bond acceptors (Lipinski definition) is 4. The Morgan fingerprint density at radius 1 is 0.968 bits per heavy atom. The molecule has 31 heavy (non-hydrogen) atoms. The van der Waals surface area contributed by atoms with Crippen molar-refractivity contribution in [3.8, 4) is 0 Å². The van der Waals surface area contributed by atoms with Crippen LogP contribution in [0.25, 0.3) is 11.0 Å². The number of aromatic nitrogens is 3. The molecule has 1 aliphatic rings. The first-order valence-electron chi connectivity index (χ1n) is 10.7. The van der Waals surface area contributed by atoms with Crippen LogP contribution in [0.2, 0.25) is 0 Å². The summed E-state index contributed by atoms with van der Waals surface area (Å²) >= 11 is 0. The summed E-state index contributed by atoms with van der Waals surface area (Å²) in [5.41, 5.74) is 1.90. The number of rotatable bonds is 6. The van der Waals surface area contributed by atoms with Crippen LogP contribution in [0.4, 0.5) is 4.39 Å². The first-order valence-corrected chi connectivity index (χ1v) is 10.7. The number of hydrogen-bond donors (Lipinski definition) is 2. The second-order valence-electron chi connectivity index (χ2n) is 8.02. The third-order valence-corrected chi connectivity index (χ3v) is 5.73. The molecule has 7 nitrogen and oxygen atoms in total. The number of benzene rings is 2. The van der Waals surface area contributed by atoms with Gasteiger partial charge in [-0.2, -0.15) is 15.0 Å². The molecule has 8 heteroatoms. The van der Waals surface area contributed by atoms with E-state index in [4.69, 9.17) is 0 Å². The number of halogens is 1. The van der Waals surface area contributed by atoms with Crippen LogP contribution in [0.1, 0.15) is 56.7 Å². The summed E-state index contributed by atoms with van der Waals surface area (Å²) in [5.74, 6) is -1.09. The van der Waals surface area contributed by atoms with Crippen LogP contribution in [0.5, 0.6) is 0 Å². The van der Waals surface area contributed by atoms with Crippen LogP contribution in [0.15, 0.2) is 48.5 Å². The van der Waals surface area contributed by atoms with Crippen LogP contribution in [-0.2, 0) is 9.59 Å². The van der Waals surface area contributed by atoms with Gasteiger partial charge in [0.05, 0.1) is 0 Å². The van der Waals surface area contributed by atoms with E-state index in [-0.39, 0.29) is 11.9 Å². The van der Waals surface area contributed by atoms with Gasteiger partial charge in [-0.3, -0.25) is 9.59 Å². The highest BCUT2D eigenvalue weighted by Crippen LogP contribution is 2.21. The second-order valence-corrected chi connectivity index (χ2v) is 8.02. The Kier molecular flexibility index (Phi) is 6.25. The van der Waals surface area contributed by atoms with E-state index < -0.39 is 23.8 Å². The Labute approximate surface area is 180 Å². The van der Waals surface area contributed by atoms with Gasteiger partial charge in [-0.1, -0.05) is 43.5 Å². The van der Waals surface area contributed by atoms with Crippen molar-refractivity contribution in [3.05, 3.63) is 59.9 Å². The first kappa shape index (κ1) is 21.0. The van der Waals surface area contributed by atoms with E-state index in [1.54, 1.807) is 6.92 Å². The predicted molar refractivity (Wildman–Crippen MR) is 115 cm³/mol. The molecule has 1 aromatic heterocycles. The lowest BCUT2D eigenvalue weighted by atomic mass is 9.95. The first-order chi connectivity index (χ1) is 15.0. The fourth-order valence-corrected chi connectivity index (χ4v) is 3.90. The molecule has 162 valence electrons. The van der Waals surface area contributed by atoms with Crippen LogP contribution < -0.4 is 10.6 Å². The summed E-state index contributed by atoms with van der Waals surface area (Å²) in [6.45, 7) is 1.68. The smallest absolute Gasteiger partial charge is 0.247 e. The van der Waals surface area contributed by atoms with Crippen molar-refractivity contribution in [3.63, 3.8) is 0 Å². The Hall–Kier alpha value is -3.29. The van der Waals surface area contributed by atoms with E-state index >= 15 is 0 Å². The number of amides is 2. The van der Waals surface area contributed by atoms with E-state index in [1.807, 2.05) is 24.3 Å². The van der Waals surface area contributed by atoms with E-state index in [0.29, 0.717) is 16.6 Å². The third-order valence-electron chi connectivity index (χ3n) is 5.73. The predicted octanol–water partition coefficient (Wildman–Crippen LogP) is 3.44. The molecule has 1 heterocycles. The SMILES string of the molecule is CC(C(=O)NC(C(=O)NC1CCCCC1)c1ccc(F)cc1)n1nc2ccccc2n1. The van der Waals surface area contributed by atoms with Crippen LogP contribution in [0.3, 0.4) is 0 Å². The van der Waals surface area contributed by atoms with Gasteiger partial charge < -0.3 is 10.6 Å². The number of nitrogens with one attached hydrogen (secondary N) is 2. The summed E-state index contributed by atoms with van der Waals surface area (Å²) in [6, 6.07) is 11.4. The molecular formula is C23H26FN5O2. The maximum absolute atomic E-state index is 13.4. The normalized spacial score (nSPS) is 16.6. The number of carbonyl (C=O) groups is 2. The molecule has 2 aromatic carbocycles. The molecule has 1 saturated carbocycles. The number of nitrogens with zero attached hydrogens (tertiary/aromatic N) is 3. The van der Waals surface area contributed by atoms with Crippen LogP contribution >= 0.6 is 0 Å². The van der Waals surface area contributed by atoms with Crippen molar-refractivity contribution < 1.29 is 14.0 Å². The van der Waals surface area contributed by atoms with Gasteiger partial charge in [-0.05, 0) is 49.6 Å². The minimum Gasteiger partial charge on any atom is -0.351 e. The zero-order valence-corrected chi connectivity index (χ0v) is 17.4. The van der Waals surface area contributed by atoms with Crippen molar-refractivity contribution in [2.45, 2.75) is 57.2 Å². The van der Waals surface area contributed by atoms with Crippen molar-refractivity contribution in [1.82, 2.24) is 25.6 Å². The van der Waals surface area contributed by atoms with Crippen molar-refractivity contribution in [2.24, 2.45) is 0 Å². The summed E-state index contributed by atoms with van der Waals surface area (Å²) in [5, 5.41) is 14.6. The molecule has 2 atom stereocenters. The third kappa shape index (κ3) is 4.90. The van der Waals surface area contributed by atoms with E-state index in [0.717, 1.165) is 25.7 Å². The lowest BCUT2D eigenvalue weighted by Gasteiger charge is -2.26. The molecular weight excluding hydrogens is 397 g/mol. The highest BCUT2D eigenvalue weighted by atomic mass is 19.1. The second kappa shape index (κ2) is 9.24. The van der Waals surface area contributed by atoms with Crippen LogP contribution in [-0.4, -0.2) is 32.9 Å². The van der Waals surface area contributed by atoms with Gasteiger partial charge in [0.2, 0.25) is 11.8 Å². The van der Waals surface area contributed by atoms with Gasteiger partial charge in [0.1, 0.15) is 28.9 Å². The average Bonchev–Trinajstić information content (AvgIpc) is 3.22. The summed E-state index contributed by atoms with van der Waals surface area (Å²) < 4.78 is 13.4. The van der Waals surface area contributed by atoms with E-state index in [9.17, 15) is 14.0 Å². The van der Waals surface area contributed by atoms with Crippen molar-refractivity contribution >= 4 is 22.8 Å². The molecule has 1 fully saturated rings. The van der Waals surface area contributed by atoms with Gasteiger partial charge in [0, 0.05) is 6.04 Å². The van der Waals surface area contributed by atoms with Gasteiger partial charge in [0.15, 0.2) is 0 Å². The zero-order valence-electron chi connectivity index (χ0n) is 17.4. The summed E-state index contributed by atoms with van der Waals surface area (Å²) in [7, 11) is 0. The molecule has 0 bridgehead atoms. The molecule has 2 N–H and O–H groups in total. The fraction of sp³-hybridized carbons (Fsp3) is 0.391. The lowest BCUT2D eigenvalue weighted by Crippen LogP contribution is -2.46. The molecule has 0 saturated heterocycles. The number of fused-ring (bicyclic) bond motifs is 1. The van der Waals surface area contributed by atoms with Gasteiger partial charge in [-0.15, -0.1) is 0 Å². The molecule has 4 rings (SSSR count). The van der Waals surface area contributed by atoms with Gasteiger partial charge in [-0.25, -0.2) is 4.39 Å². The molecule has 1 aliphatic carbocycles. The van der Waals surface area contributed by atoms with Gasteiger partial charge in [0.25, 0.3) is 0 Å². The molecule has 3 aromatic rings. The Bertz CT molecular complexity index is 1030. The standard InChI is InChI=1S/C23H26FN5O2/c1-15(29-27-19-9-5-6-10-20(19)28-29)22(30)26-21(16-11-13-17(24)14-12-16)23(31)25-18-7-3-2-4-8-18/h5-6,9-15,18,21H,2-4,7-8H2,1H3,(H,25,31)(H,26,30). The van der Waals surface area contributed by atoms with Crippen molar-refractivity contribution in [1.29, 1.82) is 0 Å². The van der Waals surface area contributed by atoms with Crippen molar-refractivity contribution in [2.75, 3.05) is 0 Å². The monoisotopic (exact) mass is 423 g/mol. The lowest BCUT2D eigenvalue weighted by molar-refractivity contribution is -0.131. The molecule has 2 amide bonds. The minimum absolute atomic E-state index is 0.0941. The Morgan fingerprint density at radius 3 is 2.19 bits per heavy atom. The maximum Gasteiger partial charge on any atom is 0.247 e. The van der Waals surface area contributed by atoms with Gasteiger partial charge >= 0.3 is 0 Å². The average molecular weight is 423 g/mol. The largest absolute Gasteiger partial charge is 0.351 e. The van der Waals surface area contributed by atoms with E-state index in [1.165, 1.54) is 35.5 Å². The van der Waals surface area contributed by atoms with Crippen LogP contribution in [0, 0.1) is 5.82 Å². The summed E-state index contributed by atoms with van der Waals surface area (Å²) in [6.07, 6.45) is 5.18. The summed E-state index contributed by atoms with van der Waals surface area (Å²) in [4.78, 5) is 27.4.